The molecule has 0 amide bonds. The summed E-state index contributed by atoms with van der Waals surface area (Å²) in [5, 5.41) is 8.23. The Bertz CT molecular complexity index is 97.0. The Morgan fingerprint density at radius 3 is 2.10 bits per heavy atom. The Labute approximate surface area is 67.2 Å². The van der Waals surface area contributed by atoms with Crippen LogP contribution in [0.3, 0.4) is 0 Å². The Morgan fingerprint density at radius 1 is 1.50 bits per heavy atom. The van der Waals surface area contributed by atoms with Crippen molar-refractivity contribution in [2.24, 2.45) is 9.86 Å². The standard InChI is InChI=1S/C4H8F3INO/c5-4(6,7)3(2-10)1-8-9/h3,10H,1-2,9H2/q-1. The Kier molecular flexibility index (Phi) is 4.54. The molecule has 64 valence electrons. The van der Waals surface area contributed by atoms with Gasteiger partial charge in [-0.25, -0.2) is 0 Å². The molecule has 0 bridgehead atoms. The first-order valence-electron chi connectivity index (χ1n) is 2.47. The van der Waals surface area contributed by atoms with E-state index in [2.05, 4.69) is 0 Å². The maximum atomic E-state index is 11.7. The van der Waals surface area contributed by atoms with Crippen LogP contribution in [0.4, 0.5) is 13.2 Å². The second-order valence-corrected chi connectivity index (χ2v) is 3.49. The van der Waals surface area contributed by atoms with Crippen LogP contribution in [0, 0.1) is 5.92 Å². The van der Waals surface area contributed by atoms with Crippen molar-refractivity contribution < 1.29 is 39.8 Å². The van der Waals surface area contributed by atoms with Gasteiger partial charge in [0.05, 0.1) is 0 Å². The molecular formula is C4H8F3INO-. The summed E-state index contributed by atoms with van der Waals surface area (Å²) in [5.41, 5.74) is 0. The minimum atomic E-state index is -4.28. The van der Waals surface area contributed by atoms with Crippen LogP contribution in [0.5, 0.6) is 0 Å². The molecule has 0 saturated heterocycles. The van der Waals surface area contributed by atoms with E-state index in [0.29, 0.717) is 0 Å². The van der Waals surface area contributed by atoms with E-state index in [4.69, 9.17) is 9.05 Å². The normalized spacial score (nSPS) is 15.7. The van der Waals surface area contributed by atoms with Crippen LogP contribution < -0.4 is 25.4 Å². The van der Waals surface area contributed by atoms with E-state index < -0.39 is 40.2 Å². The summed E-state index contributed by atoms with van der Waals surface area (Å²) in [6.07, 6.45) is -4.28. The van der Waals surface area contributed by atoms with Gasteiger partial charge in [0.25, 0.3) is 0 Å². The third-order valence-electron chi connectivity index (χ3n) is 0.959. The van der Waals surface area contributed by atoms with E-state index in [1.165, 1.54) is 0 Å². The van der Waals surface area contributed by atoms with Gasteiger partial charge in [0.2, 0.25) is 0 Å². The van der Waals surface area contributed by atoms with Crippen LogP contribution in [0.25, 0.3) is 0 Å². The average molecular weight is 270 g/mol. The number of halogens is 4. The predicted octanol–water partition coefficient (Wildman–Crippen LogP) is -2.88. The van der Waals surface area contributed by atoms with E-state index in [9.17, 15) is 13.2 Å². The summed E-state index contributed by atoms with van der Waals surface area (Å²) >= 11 is -0.885. The van der Waals surface area contributed by atoms with Gasteiger partial charge in [0.1, 0.15) is 0 Å². The monoisotopic (exact) mass is 270 g/mol. The quantitative estimate of drug-likeness (QED) is 0.329. The summed E-state index contributed by atoms with van der Waals surface area (Å²) in [4.78, 5) is 0. The summed E-state index contributed by atoms with van der Waals surface area (Å²) < 4.78 is 40.0. The van der Waals surface area contributed by atoms with E-state index in [0.717, 1.165) is 0 Å². The van der Waals surface area contributed by atoms with E-state index >= 15 is 0 Å². The zero-order valence-corrected chi connectivity index (χ0v) is 7.19. The van der Waals surface area contributed by atoms with Crippen molar-refractivity contribution in [2.75, 3.05) is 11.0 Å². The summed E-state index contributed by atoms with van der Waals surface area (Å²) in [6.45, 7) is -0.847. The van der Waals surface area contributed by atoms with Crippen LogP contribution >= 0.6 is 0 Å². The molecule has 0 fully saturated rings. The molecule has 0 aromatic heterocycles. The van der Waals surface area contributed by atoms with Gasteiger partial charge in [-0.15, -0.1) is 0 Å². The summed E-state index contributed by atoms with van der Waals surface area (Å²) in [6, 6.07) is 0. The molecule has 0 aromatic rings. The van der Waals surface area contributed by atoms with Crippen molar-refractivity contribution in [3.05, 3.63) is 0 Å². The predicted molar refractivity (Wildman–Crippen MR) is 25.7 cm³/mol. The van der Waals surface area contributed by atoms with Gasteiger partial charge in [-0.2, -0.15) is 0 Å². The molecule has 0 aliphatic heterocycles. The van der Waals surface area contributed by atoms with Crippen molar-refractivity contribution >= 4 is 0 Å². The molecule has 0 aliphatic rings. The first kappa shape index (κ1) is 10.4. The molecule has 10 heavy (non-hydrogen) atoms. The van der Waals surface area contributed by atoms with Crippen LogP contribution in [-0.4, -0.2) is 22.3 Å². The second kappa shape index (κ2) is 4.35. The maximum absolute atomic E-state index is 11.7. The first-order valence-corrected chi connectivity index (χ1v) is 5.25. The third kappa shape index (κ3) is 3.57. The molecule has 0 aromatic carbocycles. The molecule has 2 nitrogen and oxygen atoms in total. The van der Waals surface area contributed by atoms with E-state index in [-0.39, 0.29) is 4.43 Å². The minimum absolute atomic E-state index is 0.0983. The molecule has 1 atom stereocenters. The van der Waals surface area contributed by atoms with Gasteiger partial charge in [-0.1, -0.05) is 0 Å². The van der Waals surface area contributed by atoms with E-state index in [1.807, 2.05) is 0 Å². The molecule has 3 N–H and O–H groups in total. The van der Waals surface area contributed by atoms with Gasteiger partial charge in [0, 0.05) is 0 Å². The molecule has 0 radical (unpaired) electrons. The molecule has 0 heterocycles. The first-order chi connectivity index (χ1) is 4.52. The fourth-order valence-electron chi connectivity index (χ4n) is 0.347. The zero-order valence-electron chi connectivity index (χ0n) is 5.03. The summed E-state index contributed by atoms with van der Waals surface area (Å²) in [7, 11) is 0. The van der Waals surface area contributed by atoms with Gasteiger partial charge >= 0.3 is 66.8 Å². The van der Waals surface area contributed by atoms with Gasteiger partial charge in [-0.3, -0.25) is 0 Å². The van der Waals surface area contributed by atoms with Crippen molar-refractivity contribution in [1.29, 1.82) is 0 Å². The van der Waals surface area contributed by atoms with Crippen molar-refractivity contribution in [3.8, 4) is 0 Å². The topological polar surface area (TPSA) is 46.2 Å². The molecule has 1 unspecified atom stereocenters. The SMILES string of the molecule is N[I-]CC(CO)C(F)(F)F. The number of aliphatic hydroxyl groups is 1. The van der Waals surface area contributed by atoms with E-state index in [1.54, 1.807) is 0 Å². The molecule has 0 aliphatic carbocycles. The zero-order chi connectivity index (χ0) is 8.20. The van der Waals surface area contributed by atoms with Gasteiger partial charge in [0.15, 0.2) is 0 Å². The average Bonchev–Trinajstić information content (AvgIpc) is 1.80. The Hall–Kier alpha value is 0.440. The van der Waals surface area contributed by atoms with Crippen molar-refractivity contribution in [1.82, 2.24) is 0 Å². The van der Waals surface area contributed by atoms with Gasteiger partial charge in [-0.05, 0) is 0 Å². The number of nitrogens with two attached hydrogens (primary N) is 1. The molecule has 0 rings (SSSR count). The second-order valence-electron chi connectivity index (χ2n) is 1.73. The number of hydrogen-bond acceptors (Lipinski definition) is 2. The number of aliphatic hydroxyl groups excluding tert-OH is 1. The molecule has 6 heteroatoms. The van der Waals surface area contributed by atoms with Crippen LogP contribution in [0.2, 0.25) is 0 Å². The molecular weight excluding hydrogens is 262 g/mol. The number of alkyl halides is 4. The van der Waals surface area contributed by atoms with Crippen LogP contribution in [0.15, 0.2) is 0 Å². The third-order valence-corrected chi connectivity index (χ3v) is 2.53. The Morgan fingerprint density at radius 2 is 2.00 bits per heavy atom. The number of hydrogen-bond donors (Lipinski definition) is 2. The van der Waals surface area contributed by atoms with Gasteiger partial charge < -0.3 is 0 Å². The van der Waals surface area contributed by atoms with Crippen LogP contribution in [0.1, 0.15) is 0 Å². The molecule has 0 saturated carbocycles. The molecule has 0 spiro atoms. The fourth-order valence-corrected chi connectivity index (χ4v) is 1.74. The number of rotatable bonds is 3. The summed E-state index contributed by atoms with van der Waals surface area (Å²) in [5.74, 6) is -1.61. The Balaban J connectivity index is 3.81. The van der Waals surface area contributed by atoms with Crippen molar-refractivity contribution in [2.45, 2.75) is 6.18 Å². The fraction of sp³-hybridized carbons (Fsp3) is 1.00. The van der Waals surface area contributed by atoms with Crippen molar-refractivity contribution in [3.63, 3.8) is 0 Å². The van der Waals surface area contributed by atoms with Crippen LogP contribution in [-0.2, 0) is 0 Å².